The second kappa shape index (κ2) is 14.1. The quantitative estimate of drug-likeness (QED) is 0.176. The molecular weight excluding hydrogens is 502 g/mol. The summed E-state index contributed by atoms with van der Waals surface area (Å²) in [7, 11) is 0. The summed E-state index contributed by atoms with van der Waals surface area (Å²) in [6, 6.07) is 3.69. The van der Waals surface area contributed by atoms with Crippen molar-refractivity contribution in [2.45, 2.75) is 50.9 Å². The SMILES string of the molecule is CSCCC(NC(=O)C(CS)NC(=O)C(NC(=O)C(N)Cc1c[nH]c2ccccc12)C(C)C)C(=O)O. The number of hydrogen-bond donors (Lipinski definition) is 7. The van der Waals surface area contributed by atoms with Gasteiger partial charge in [-0.05, 0) is 42.4 Å². The molecule has 3 amide bonds. The van der Waals surface area contributed by atoms with Crippen molar-refractivity contribution in [2.75, 3.05) is 17.8 Å². The number of nitrogens with two attached hydrogens (primary N) is 1. The lowest BCUT2D eigenvalue weighted by Crippen LogP contribution is -2.59. The molecule has 2 aromatic rings. The zero-order valence-electron chi connectivity index (χ0n) is 20.6. The van der Waals surface area contributed by atoms with Gasteiger partial charge in [-0.2, -0.15) is 24.4 Å². The molecular formula is C24H35N5O5S2. The van der Waals surface area contributed by atoms with Crippen LogP contribution in [0.4, 0.5) is 0 Å². The Bertz CT molecular complexity index is 1060. The molecule has 4 atom stereocenters. The number of carbonyl (C=O) groups excluding carboxylic acids is 3. The Morgan fingerprint density at radius 3 is 2.33 bits per heavy atom. The van der Waals surface area contributed by atoms with E-state index < -0.39 is 47.9 Å². The molecule has 12 heteroatoms. The van der Waals surface area contributed by atoms with Crippen LogP contribution in [0.25, 0.3) is 10.9 Å². The van der Waals surface area contributed by atoms with Crippen molar-refractivity contribution in [3.8, 4) is 0 Å². The van der Waals surface area contributed by atoms with E-state index in [0.29, 0.717) is 5.75 Å². The monoisotopic (exact) mass is 537 g/mol. The Labute approximate surface area is 220 Å². The van der Waals surface area contributed by atoms with Crippen LogP contribution in [0, 0.1) is 5.92 Å². The summed E-state index contributed by atoms with van der Waals surface area (Å²) < 4.78 is 0. The number of hydrogen-bond acceptors (Lipinski definition) is 7. The highest BCUT2D eigenvalue weighted by molar-refractivity contribution is 7.98. The maximum absolute atomic E-state index is 13.0. The summed E-state index contributed by atoms with van der Waals surface area (Å²) in [5, 5.41) is 18.0. The third kappa shape index (κ3) is 8.17. The van der Waals surface area contributed by atoms with Gasteiger partial charge in [-0.15, -0.1) is 0 Å². The van der Waals surface area contributed by atoms with Crippen molar-refractivity contribution in [1.29, 1.82) is 0 Å². The van der Waals surface area contributed by atoms with Gasteiger partial charge < -0.3 is 31.8 Å². The van der Waals surface area contributed by atoms with Crippen LogP contribution >= 0.6 is 24.4 Å². The Kier molecular flexibility index (Phi) is 11.6. The molecule has 0 spiro atoms. The fourth-order valence-corrected chi connectivity index (χ4v) is 4.37. The minimum Gasteiger partial charge on any atom is -0.480 e. The second-order valence-corrected chi connectivity index (χ2v) is 10.2. The highest BCUT2D eigenvalue weighted by atomic mass is 32.2. The third-order valence-corrected chi connectivity index (χ3v) is 6.75. The summed E-state index contributed by atoms with van der Waals surface area (Å²) >= 11 is 5.60. The van der Waals surface area contributed by atoms with Gasteiger partial charge in [-0.3, -0.25) is 14.4 Å². The predicted octanol–water partition coefficient (Wildman–Crippen LogP) is 0.916. The number of aromatic amines is 1. The summed E-state index contributed by atoms with van der Waals surface area (Å²) in [4.78, 5) is 53.1. The Morgan fingerprint density at radius 1 is 1.06 bits per heavy atom. The second-order valence-electron chi connectivity index (χ2n) is 8.83. The summed E-state index contributed by atoms with van der Waals surface area (Å²) in [5.74, 6) is -2.69. The smallest absolute Gasteiger partial charge is 0.326 e. The van der Waals surface area contributed by atoms with Gasteiger partial charge in [-0.1, -0.05) is 32.0 Å². The molecule has 1 aromatic heterocycles. The number of aliphatic carboxylic acids is 1. The molecule has 0 aliphatic heterocycles. The standard InChI is InChI=1S/C24H35N5O5S2/c1-13(2)20(23(32)28-19(12-35)22(31)27-18(24(33)34)8-9-36-3)29-21(30)16(25)10-14-11-26-17-7-5-4-6-15(14)17/h4-7,11,13,16,18-20,26,35H,8-10,12,25H2,1-3H3,(H,27,31)(H,28,32)(H,29,30)(H,33,34). The first-order chi connectivity index (χ1) is 17.1. The van der Waals surface area contributed by atoms with E-state index in [-0.39, 0.29) is 24.5 Å². The normalized spacial score (nSPS) is 14.6. The number of carbonyl (C=O) groups is 4. The number of para-hydroxylation sites is 1. The number of nitrogens with one attached hydrogen (secondary N) is 4. The van der Waals surface area contributed by atoms with Gasteiger partial charge in [0.25, 0.3) is 0 Å². The minimum absolute atomic E-state index is 0.0503. The number of fused-ring (bicyclic) bond motifs is 1. The van der Waals surface area contributed by atoms with Gasteiger partial charge in [-0.25, -0.2) is 4.79 Å². The lowest BCUT2D eigenvalue weighted by molar-refractivity contribution is -0.142. The van der Waals surface area contributed by atoms with E-state index >= 15 is 0 Å². The lowest BCUT2D eigenvalue weighted by atomic mass is 10.0. The van der Waals surface area contributed by atoms with E-state index in [1.54, 1.807) is 13.8 Å². The van der Waals surface area contributed by atoms with E-state index in [9.17, 15) is 24.3 Å². The highest BCUT2D eigenvalue weighted by Gasteiger charge is 2.31. The molecule has 1 aromatic carbocycles. The number of amides is 3. The number of H-pyrrole nitrogens is 1. The lowest BCUT2D eigenvalue weighted by Gasteiger charge is -2.26. The molecule has 4 unspecified atom stereocenters. The zero-order chi connectivity index (χ0) is 26.8. The van der Waals surface area contributed by atoms with Crippen LogP contribution in [0.15, 0.2) is 30.5 Å². The Morgan fingerprint density at radius 2 is 1.72 bits per heavy atom. The molecule has 0 bridgehead atoms. The molecule has 0 saturated heterocycles. The molecule has 7 N–H and O–H groups in total. The van der Waals surface area contributed by atoms with Crippen molar-refractivity contribution < 1.29 is 24.3 Å². The van der Waals surface area contributed by atoms with Gasteiger partial charge in [0.1, 0.15) is 18.1 Å². The van der Waals surface area contributed by atoms with Crippen LogP contribution in [0.5, 0.6) is 0 Å². The Balaban J connectivity index is 2.02. The number of aromatic nitrogens is 1. The fourth-order valence-electron chi connectivity index (χ4n) is 3.65. The molecule has 0 aliphatic rings. The van der Waals surface area contributed by atoms with Crippen LogP contribution in [-0.4, -0.2) is 75.7 Å². The summed E-state index contributed by atoms with van der Waals surface area (Å²) in [6.07, 6.45) is 4.17. The zero-order valence-corrected chi connectivity index (χ0v) is 22.3. The number of thiol groups is 1. The number of rotatable bonds is 14. The van der Waals surface area contributed by atoms with E-state index in [0.717, 1.165) is 16.5 Å². The first-order valence-corrected chi connectivity index (χ1v) is 13.7. The van der Waals surface area contributed by atoms with Gasteiger partial charge in [0.05, 0.1) is 6.04 Å². The minimum atomic E-state index is -1.15. The summed E-state index contributed by atoms with van der Waals surface area (Å²) in [5.41, 5.74) is 7.98. The molecule has 1 heterocycles. The van der Waals surface area contributed by atoms with Gasteiger partial charge in [0.15, 0.2) is 0 Å². The average Bonchev–Trinajstić information content (AvgIpc) is 3.25. The van der Waals surface area contributed by atoms with Crippen LogP contribution in [0.2, 0.25) is 0 Å². The van der Waals surface area contributed by atoms with Crippen LogP contribution in [0.1, 0.15) is 25.8 Å². The number of carboxylic acid groups (broad SMARTS) is 1. The molecule has 0 radical (unpaired) electrons. The molecule has 2 rings (SSSR count). The predicted molar refractivity (Wildman–Crippen MR) is 145 cm³/mol. The molecule has 36 heavy (non-hydrogen) atoms. The van der Waals surface area contributed by atoms with E-state index in [1.807, 2.05) is 36.7 Å². The van der Waals surface area contributed by atoms with E-state index in [1.165, 1.54) is 11.8 Å². The van der Waals surface area contributed by atoms with E-state index in [4.69, 9.17) is 5.73 Å². The van der Waals surface area contributed by atoms with Crippen LogP contribution in [-0.2, 0) is 25.6 Å². The largest absolute Gasteiger partial charge is 0.480 e. The third-order valence-electron chi connectivity index (χ3n) is 5.74. The van der Waals surface area contributed by atoms with Crippen molar-refractivity contribution >= 4 is 59.0 Å². The van der Waals surface area contributed by atoms with Crippen LogP contribution in [0.3, 0.4) is 0 Å². The van der Waals surface area contributed by atoms with Crippen molar-refractivity contribution in [3.63, 3.8) is 0 Å². The first kappa shape index (κ1) is 29.5. The fraction of sp³-hybridized carbons (Fsp3) is 0.500. The molecule has 198 valence electrons. The number of thioether (sulfide) groups is 1. The summed E-state index contributed by atoms with van der Waals surface area (Å²) in [6.45, 7) is 3.52. The Hall–Kier alpha value is -2.70. The first-order valence-electron chi connectivity index (χ1n) is 11.6. The molecule has 0 saturated carbocycles. The maximum Gasteiger partial charge on any atom is 0.326 e. The van der Waals surface area contributed by atoms with Gasteiger partial charge >= 0.3 is 5.97 Å². The van der Waals surface area contributed by atoms with Gasteiger partial charge in [0, 0.05) is 22.9 Å². The van der Waals surface area contributed by atoms with Crippen molar-refractivity contribution in [2.24, 2.45) is 11.7 Å². The maximum atomic E-state index is 13.0. The number of benzene rings is 1. The molecule has 0 aliphatic carbocycles. The van der Waals surface area contributed by atoms with Gasteiger partial charge in [0.2, 0.25) is 17.7 Å². The topological polar surface area (TPSA) is 166 Å². The van der Waals surface area contributed by atoms with E-state index in [2.05, 4.69) is 33.6 Å². The van der Waals surface area contributed by atoms with Crippen molar-refractivity contribution in [1.82, 2.24) is 20.9 Å². The number of carboxylic acids is 1. The van der Waals surface area contributed by atoms with Crippen LogP contribution < -0.4 is 21.7 Å². The highest BCUT2D eigenvalue weighted by Crippen LogP contribution is 2.19. The molecule has 10 nitrogen and oxygen atoms in total. The van der Waals surface area contributed by atoms with Crippen molar-refractivity contribution in [3.05, 3.63) is 36.0 Å². The average molecular weight is 538 g/mol. The molecule has 0 fully saturated rings.